The highest BCUT2D eigenvalue weighted by Gasteiger charge is 2.15. The van der Waals surface area contributed by atoms with Gasteiger partial charge in [-0.1, -0.05) is 0 Å². The van der Waals surface area contributed by atoms with Gasteiger partial charge in [-0.05, 0) is 51.0 Å². The Morgan fingerprint density at radius 3 is 2.59 bits per heavy atom. The summed E-state index contributed by atoms with van der Waals surface area (Å²) in [4.78, 5) is 11.1. The summed E-state index contributed by atoms with van der Waals surface area (Å²) >= 11 is 0. The van der Waals surface area contributed by atoms with E-state index in [1.807, 2.05) is 13.8 Å². The molecule has 0 spiro atoms. The second-order valence-corrected chi connectivity index (χ2v) is 5.76. The summed E-state index contributed by atoms with van der Waals surface area (Å²) in [5.74, 6) is 0.733. The van der Waals surface area contributed by atoms with Crippen molar-refractivity contribution in [3.8, 4) is 0 Å². The lowest BCUT2D eigenvalue weighted by Gasteiger charge is -2.20. The number of pyridine rings is 2. The second-order valence-electron chi connectivity index (χ2n) is 5.76. The third-order valence-electron chi connectivity index (χ3n) is 4.07. The number of aromatic nitrogens is 2. The quantitative estimate of drug-likeness (QED) is 0.935. The summed E-state index contributed by atoms with van der Waals surface area (Å²) in [6, 6.07) is 7.26. The molecule has 0 aromatic carbocycles. The Hall–Kier alpha value is -2.17. The summed E-state index contributed by atoms with van der Waals surface area (Å²) in [5, 5.41) is 3.40. The molecule has 0 radical (unpaired) electrons. The number of rotatable bonds is 4. The number of anilines is 2. The number of halogens is 1. The van der Waals surface area contributed by atoms with Crippen LogP contribution in [0.1, 0.15) is 37.2 Å². The molecule has 2 aromatic rings. The molecule has 0 unspecified atom stereocenters. The first-order chi connectivity index (χ1) is 10.6. The largest absolute Gasteiger partial charge is 0.375 e. The number of nitrogens with one attached hydrogen (secondary N) is 1. The highest BCUT2D eigenvalue weighted by atomic mass is 19.1. The maximum Gasteiger partial charge on any atom is 0.141 e. The smallest absolute Gasteiger partial charge is 0.141 e. The lowest BCUT2D eigenvalue weighted by molar-refractivity contribution is 0.617. The highest BCUT2D eigenvalue weighted by molar-refractivity contribution is 5.54. The van der Waals surface area contributed by atoms with Gasteiger partial charge >= 0.3 is 0 Å². The molecule has 1 fully saturated rings. The fraction of sp³-hybridized carbons (Fsp3) is 0.412. The minimum absolute atomic E-state index is 0.00117. The van der Waals surface area contributed by atoms with Crippen LogP contribution in [-0.4, -0.2) is 23.1 Å². The lowest BCUT2D eigenvalue weighted by atomic mass is 10.2. The van der Waals surface area contributed by atoms with Crippen molar-refractivity contribution < 1.29 is 4.39 Å². The molecule has 2 aromatic heterocycles. The molecule has 1 aliphatic heterocycles. The molecule has 5 heteroatoms. The maximum atomic E-state index is 12.9. The van der Waals surface area contributed by atoms with Gasteiger partial charge in [-0.25, -0.2) is 9.37 Å². The van der Waals surface area contributed by atoms with Crippen LogP contribution in [0, 0.1) is 12.7 Å². The summed E-state index contributed by atoms with van der Waals surface area (Å²) in [5.41, 5.74) is 2.77. The molecule has 1 atom stereocenters. The molecule has 1 N–H and O–H groups in total. The molecule has 0 bridgehead atoms. The number of nitrogens with zero attached hydrogens (tertiary/aromatic N) is 3. The van der Waals surface area contributed by atoms with Gasteiger partial charge in [-0.15, -0.1) is 0 Å². The van der Waals surface area contributed by atoms with E-state index in [1.165, 1.54) is 25.1 Å². The van der Waals surface area contributed by atoms with Crippen molar-refractivity contribution >= 4 is 11.5 Å². The van der Waals surface area contributed by atoms with Crippen molar-refractivity contribution in [3.63, 3.8) is 0 Å². The highest BCUT2D eigenvalue weighted by Crippen LogP contribution is 2.24. The number of aryl methyl sites for hydroxylation is 1. The first kappa shape index (κ1) is 14.8. The Bertz CT molecular complexity index is 636. The third-order valence-corrected chi connectivity index (χ3v) is 4.07. The van der Waals surface area contributed by atoms with Gasteiger partial charge in [0.2, 0.25) is 0 Å². The zero-order valence-corrected chi connectivity index (χ0v) is 13.0. The first-order valence-electron chi connectivity index (χ1n) is 7.74. The molecule has 0 saturated carbocycles. The summed E-state index contributed by atoms with van der Waals surface area (Å²) < 4.78 is 12.9. The van der Waals surface area contributed by atoms with E-state index in [4.69, 9.17) is 4.98 Å². The molecule has 0 aliphatic carbocycles. The Morgan fingerprint density at radius 2 is 1.95 bits per heavy atom. The average Bonchev–Trinajstić information content (AvgIpc) is 3.04. The summed E-state index contributed by atoms with van der Waals surface area (Å²) in [7, 11) is 0. The second kappa shape index (κ2) is 6.30. The first-order valence-corrected chi connectivity index (χ1v) is 7.74. The van der Waals surface area contributed by atoms with Crippen LogP contribution in [0.5, 0.6) is 0 Å². The minimum atomic E-state index is -0.316. The Kier molecular flexibility index (Phi) is 4.22. The van der Waals surface area contributed by atoms with Gasteiger partial charge in [0.1, 0.15) is 11.6 Å². The van der Waals surface area contributed by atoms with Gasteiger partial charge in [0.05, 0.1) is 29.3 Å². The van der Waals surface area contributed by atoms with Crippen LogP contribution in [-0.2, 0) is 0 Å². The van der Waals surface area contributed by atoms with Crippen molar-refractivity contribution in [1.82, 2.24) is 9.97 Å². The molecular formula is C17H21FN4. The molecule has 116 valence electrons. The van der Waals surface area contributed by atoms with Gasteiger partial charge in [0.15, 0.2) is 0 Å². The van der Waals surface area contributed by atoms with E-state index < -0.39 is 0 Å². The van der Waals surface area contributed by atoms with Crippen LogP contribution in [0.4, 0.5) is 15.9 Å². The van der Waals surface area contributed by atoms with Crippen molar-refractivity contribution in [1.29, 1.82) is 0 Å². The monoisotopic (exact) mass is 300 g/mol. The van der Waals surface area contributed by atoms with E-state index >= 15 is 0 Å². The van der Waals surface area contributed by atoms with E-state index in [0.29, 0.717) is 0 Å². The number of hydrogen-bond donors (Lipinski definition) is 1. The SMILES string of the molecule is Cc1nc(N2CCCC2)ccc1N[C@@H](C)c1ccc(F)cn1. The van der Waals surface area contributed by atoms with Crippen molar-refractivity contribution in [3.05, 3.63) is 47.7 Å². The Balaban J connectivity index is 1.73. The Morgan fingerprint density at radius 1 is 1.18 bits per heavy atom. The van der Waals surface area contributed by atoms with Gasteiger partial charge < -0.3 is 10.2 Å². The van der Waals surface area contributed by atoms with Crippen LogP contribution in [0.25, 0.3) is 0 Å². The molecule has 1 saturated heterocycles. The van der Waals surface area contributed by atoms with Gasteiger partial charge in [-0.3, -0.25) is 4.98 Å². The van der Waals surface area contributed by atoms with E-state index in [1.54, 1.807) is 6.07 Å². The van der Waals surface area contributed by atoms with Gasteiger partial charge in [-0.2, -0.15) is 0 Å². The zero-order chi connectivity index (χ0) is 15.5. The molecule has 3 heterocycles. The standard InChI is InChI=1S/C17H21FN4/c1-12(15-6-5-14(18)11-19-15)20-16-7-8-17(21-13(16)2)22-9-3-4-10-22/h5-8,11-12,20H,3-4,9-10H2,1-2H3/t12-/m0/s1. The topological polar surface area (TPSA) is 41.1 Å². The normalized spacial score (nSPS) is 15.9. The summed E-state index contributed by atoms with van der Waals surface area (Å²) in [6.45, 7) is 6.20. The molecule has 1 aliphatic rings. The van der Waals surface area contributed by atoms with Crippen molar-refractivity contribution in [2.45, 2.75) is 32.7 Å². The average molecular weight is 300 g/mol. The van der Waals surface area contributed by atoms with Gasteiger partial charge in [0.25, 0.3) is 0 Å². The molecule has 22 heavy (non-hydrogen) atoms. The zero-order valence-electron chi connectivity index (χ0n) is 13.0. The van der Waals surface area contributed by atoms with E-state index in [9.17, 15) is 4.39 Å². The van der Waals surface area contributed by atoms with Crippen LogP contribution in [0.3, 0.4) is 0 Å². The fourth-order valence-corrected chi connectivity index (χ4v) is 2.77. The Labute approximate surface area is 130 Å². The molecule has 3 rings (SSSR count). The number of hydrogen-bond acceptors (Lipinski definition) is 4. The van der Waals surface area contributed by atoms with E-state index in [2.05, 4.69) is 27.3 Å². The lowest BCUT2D eigenvalue weighted by Crippen LogP contribution is -2.19. The van der Waals surface area contributed by atoms with Crippen LogP contribution in [0.2, 0.25) is 0 Å². The van der Waals surface area contributed by atoms with Crippen molar-refractivity contribution in [2.24, 2.45) is 0 Å². The fourth-order valence-electron chi connectivity index (χ4n) is 2.77. The predicted molar refractivity (Wildman–Crippen MR) is 86.7 cm³/mol. The summed E-state index contributed by atoms with van der Waals surface area (Å²) in [6.07, 6.45) is 3.73. The van der Waals surface area contributed by atoms with Crippen LogP contribution in [0.15, 0.2) is 30.5 Å². The van der Waals surface area contributed by atoms with E-state index in [0.717, 1.165) is 36.0 Å². The van der Waals surface area contributed by atoms with Crippen molar-refractivity contribution in [2.75, 3.05) is 23.3 Å². The molecular weight excluding hydrogens is 279 g/mol. The van der Waals surface area contributed by atoms with E-state index in [-0.39, 0.29) is 11.9 Å². The third kappa shape index (κ3) is 3.18. The van der Waals surface area contributed by atoms with Crippen LogP contribution < -0.4 is 10.2 Å². The molecule has 4 nitrogen and oxygen atoms in total. The maximum absolute atomic E-state index is 12.9. The van der Waals surface area contributed by atoms with Crippen LogP contribution >= 0.6 is 0 Å². The minimum Gasteiger partial charge on any atom is -0.375 e. The molecule has 0 amide bonds. The van der Waals surface area contributed by atoms with Gasteiger partial charge in [0, 0.05) is 13.1 Å². The predicted octanol–water partition coefficient (Wildman–Crippen LogP) is 3.70.